The molecule has 1 unspecified atom stereocenters. The van der Waals surface area contributed by atoms with Crippen molar-refractivity contribution in [3.63, 3.8) is 0 Å². The number of nitrogens with two attached hydrogens (primary N) is 1. The molecule has 0 bridgehead atoms. The van der Waals surface area contributed by atoms with Crippen LogP contribution in [0.3, 0.4) is 0 Å². The lowest BCUT2D eigenvalue weighted by molar-refractivity contribution is 0.572. The zero-order valence-electron chi connectivity index (χ0n) is 12.1. The van der Waals surface area contributed by atoms with Gasteiger partial charge in [-0.05, 0) is 54.9 Å². The van der Waals surface area contributed by atoms with E-state index in [1.165, 1.54) is 10.5 Å². The van der Waals surface area contributed by atoms with Gasteiger partial charge in [-0.1, -0.05) is 22.9 Å². The van der Waals surface area contributed by atoms with Crippen LogP contribution in [0.5, 0.6) is 0 Å². The number of benzene rings is 1. The molecule has 0 amide bonds. The number of nitrogens with one attached hydrogen (secondary N) is 1. The number of thioether (sulfide) groups is 1. The summed E-state index contributed by atoms with van der Waals surface area (Å²) in [5.74, 6) is 1.61. The van der Waals surface area contributed by atoms with Crippen molar-refractivity contribution in [2.24, 2.45) is 0 Å². The minimum absolute atomic E-state index is 0.422. The van der Waals surface area contributed by atoms with Gasteiger partial charge in [0, 0.05) is 27.4 Å². The maximum absolute atomic E-state index is 5.75. The maximum Gasteiger partial charge on any atom is 0.123 e. The molecular formula is C16H20BrN3S. The number of pyridine rings is 1. The molecule has 0 aliphatic heterocycles. The molecule has 2 rings (SSSR count). The predicted octanol–water partition coefficient (Wildman–Crippen LogP) is 3.74. The Labute approximate surface area is 138 Å². The van der Waals surface area contributed by atoms with E-state index in [1.807, 2.05) is 23.9 Å². The molecule has 1 atom stereocenters. The highest BCUT2D eigenvalue weighted by Crippen LogP contribution is 2.22. The SMILES string of the molecule is CCNC(CSc1ccc(Br)cc1)Cc1ccnc(N)c1. The molecule has 0 radical (unpaired) electrons. The van der Waals surface area contributed by atoms with Gasteiger partial charge in [0.05, 0.1) is 0 Å². The molecule has 3 nitrogen and oxygen atoms in total. The fraction of sp³-hybridized carbons (Fsp3) is 0.312. The van der Waals surface area contributed by atoms with E-state index in [1.54, 1.807) is 6.20 Å². The molecule has 0 saturated heterocycles. The third-order valence-electron chi connectivity index (χ3n) is 3.09. The van der Waals surface area contributed by atoms with Crippen molar-refractivity contribution in [1.29, 1.82) is 0 Å². The number of rotatable bonds is 7. The quantitative estimate of drug-likeness (QED) is 0.733. The molecule has 0 fully saturated rings. The van der Waals surface area contributed by atoms with Gasteiger partial charge in [-0.2, -0.15) is 0 Å². The van der Waals surface area contributed by atoms with Crippen molar-refractivity contribution < 1.29 is 0 Å². The number of hydrogen-bond acceptors (Lipinski definition) is 4. The first kappa shape index (κ1) is 16.3. The Hall–Kier alpha value is -1.04. The van der Waals surface area contributed by atoms with Crippen LogP contribution in [0.4, 0.5) is 5.82 Å². The first-order chi connectivity index (χ1) is 10.2. The number of nitrogen functional groups attached to an aromatic ring is 1. The van der Waals surface area contributed by atoms with Gasteiger partial charge >= 0.3 is 0 Å². The van der Waals surface area contributed by atoms with Crippen molar-refractivity contribution in [3.05, 3.63) is 52.6 Å². The number of nitrogens with zero attached hydrogens (tertiary/aromatic N) is 1. The van der Waals surface area contributed by atoms with Gasteiger partial charge in [0.2, 0.25) is 0 Å². The Morgan fingerprint density at radius 3 is 2.71 bits per heavy atom. The summed E-state index contributed by atoms with van der Waals surface area (Å²) in [6.45, 7) is 3.10. The molecule has 5 heteroatoms. The molecule has 3 N–H and O–H groups in total. The minimum atomic E-state index is 0.422. The average Bonchev–Trinajstić information content (AvgIpc) is 2.47. The molecule has 2 aromatic rings. The summed E-state index contributed by atoms with van der Waals surface area (Å²) >= 11 is 5.33. The van der Waals surface area contributed by atoms with Gasteiger partial charge in [-0.25, -0.2) is 4.98 Å². The Kier molecular flexibility index (Phi) is 6.54. The number of likely N-dealkylation sites (N-methyl/N-ethyl adjacent to an activating group) is 1. The van der Waals surface area contributed by atoms with E-state index >= 15 is 0 Å². The van der Waals surface area contributed by atoms with Crippen LogP contribution < -0.4 is 11.1 Å². The van der Waals surface area contributed by atoms with E-state index in [9.17, 15) is 0 Å². The van der Waals surface area contributed by atoms with Crippen LogP contribution in [0.25, 0.3) is 0 Å². The molecule has 1 aromatic heterocycles. The van der Waals surface area contributed by atoms with E-state index in [0.29, 0.717) is 11.9 Å². The van der Waals surface area contributed by atoms with E-state index in [0.717, 1.165) is 23.2 Å². The minimum Gasteiger partial charge on any atom is -0.384 e. The lowest BCUT2D eigenvalue weighted by atomic mass is 10.1. The molecular weight excluding hydrogens is 346 g/mol. The van der Waals surface area contributed by atoms with Crippen molar-refractivity contribution >= 4 is 33.5 Å². The molecule has 1 heterocycles. The normalized spacial score (nSPS) is 12.3. The van der Waals surface area contributed by atoms with E-state index in [4.69, 9.17) is 5.73 Å². The van der Waals surface area contributed by atoms with E-state index < -0.39 is 0 Å². The van der Waals surface area contributed by atoms with Crippen molar-refractivity contribution in [1.82, 2.24) is 10.3 Å². The molecule has 112 valence electrons. The first-order valence-electron chi connectivity index (χ1n) is 6.99. The summed E-state index contributed by atoms with van der Waals surface area (Å²) in [7, 11) is 0. The third-order valence-corrected chi connectivity index (χ3v) is 4.79. The van der Waals surface area contributed by atoms with Crippen LogP contribution in [0.15, 0.2) is 52.0 Å². The molecule has 0 saturated carbocycles. The molecule has 1 aromatic carbocycles. The number of hydrogen-bond donors (Lipinski definition) is 2. The lowest BCUT2D eigenvalue weighted by Gasteiger charge is -2.17. The Morgan fingerprint density at radius 1 is 1.29 bits per heavy atom. The van der Waals surface area contributed by atoms with Gasteiger partial charge in [0.1, 0.15) is 5.82 Å². The Balaban J connectivity index is 1.93. The van der Waals surface area contributed by atoms with Gasteiger partial charge < -0.3 is 11.1 Å². The highest BCUT2D eigenvalue weighted by atomic mass is 79.9. The summed E-state index contributed by atoms with van der Waals surface area (Å²) in [5.41, 5.74) is 6.97. The second-order valence-electron chi connectivity index (χ2n) is 4.81. The molecule has 0 aliphatic rings. The zero-order valence-corrected chi connectivity index (χ0v) is 14.5. The summed E-state index contributed by atoms with van der Waals surface area (Å²) in [4.78, 5) is 5.33. The topological polar surface area (TPSA) is 50.9 Å². The van der Waals surface area contributed by atoms with Crippen molar-refractivity contribution in [3.8, 4) is 0 Å². The summed E-state index contributed by atoms with van der Waals surface area (Å²) in [6, 6.07) is 12.8. The van der Waals surface area contributed by atoms with Gasteiger partial charge in [-0.3, -0.25) is 0 Å². The second-order valence-corrected chi connectivity index (χ2v) is 6.82. The molecule has 21 heavy (non-hydrogen) atoms. The van der Waals surface area contributed by atoms with Crippen LogP contribution in [0, 0.1) is 0 Å². The Morgan fingerprint density at radius 2 is 2.05 bits per heavy atom. The average molecular weight is 366 g/mol. The summed E-state index contributed by atoms with van der Waals surface area (Å²) in [5, 5.41) is 3.54. The zero-order chi connectivity index (χ0) is 15.1. The first-order valence-corrected chi connectivity index (χ1v) is 8.77. The van der Waals surface area contributed by atoms with Crippen LogP contribution >= 0.6 is 27.7 Å². The van der Waals surface area contributed by atoms with Crippen LogP contribution in [-0.4, -0.2) is 23.3 Å². The number of anilines is 1. The molecule has 0 aliphatic carbocycles. The summed E-state index contributed by atoms with van der Waals surface area (Å²) in [6.07, 6.45) is 2.74. The Bertz CT molecular complexity index is 560. The summed E-state index contributed by atoms with van der Waals surface area (Å²) < 4.78 is 1.11. The third kappa shape index (κ3) is 5.69. The highest BCUT2D eigenvalue weighted by molar-refractivity contribution is 9.10. The number of halogens is 1. The van der Waals surface area contributed by atoms with Gasteiger partial charge in [0.15, 0.2) is 0 Å². The van der Waals surface area contributed by atoms with Crippen LogP contribution in [0.1, 0.15) is 12.5 Å². The van der Waals surface area contributed by atoms with Crippen LogP contribution in [-0.2, 0) is 6.42 Å². The van der Waals surface area contributed by atoms with Gasteiger partial charge in [0.25, 0.3) is 0 Å². The molecule has 0 spiro atoms. The predicted molar refractivity (Wildman–Crippen MR) is 94.7 cm³/mol. The maximum atomic E-state index is 5.75. The van der Waals surface area contributed by atoms with Crippen molar-refractivity contribution in [2.75, 3.05) is 18.0 Å². The monoisotopic (exact) mass is 365 g/mol. The second kappa shape index (κ2) is 8.41. The van der Waals surface area contributed by atoms with E-state index in [2.05, 4.69) is 57.4 Å². The smallest absolute Gasteiger partial charge is 0.123 e. The standard InChI is InChI=1S/C16H20BrN3S/c1-2-19-14(9-12-7-8-20-16(18)10-12)11-21-15-5-3-13(17)4-6-15/h3-8,10,14,19H,2,9,11H2,1H3,(H2,18,20). The van der Waals surface area contributed by atoms with Gasteiger partial charge in [-0.15, -0.1) is 11.8 Å². The lowest BCUT2D eigenvalue weighted by Crippen LogP contribution is -2.33. The highest BCUT2D eigenvalue weighted by Gasteiger charge is 2.09. The van der Waals surface area contributed by atoms with Crippen LogP contribution in [0.2, 0.25) is 0 Å². The fourth-order valence-electron chi connectivity index (χ4n) is 2.11. The largest absolute Gasteiger partial charge is 0.384 e. The fourth-order valence-corrected chi connectivity index (χ4v) is 3.33. The van der Waals surface area contributed by atoms with Crippen molar-refractivity contribution in [2.45, 2.75) is 24.3 Å². The number of aromatic nitrogens is 1. The van der Waals surface area contributed by atoms with E-state index in [-0.39, 0.29) is 0 Å².